The topological polar surface area (TPSA) is 32.3 Å². The van der Waals surface area contributed by atoms with Crippen LogP contribution in [0.5, 0.6) is 0 Å². The molecule has 1 aliphatic heterocycles. The minimum atomic E-state index is 0.0348. The van der Waals surface area contributed by atoms with E-state index in [2.05, 4.69) is 29.3 Å². The Morgan fingerprint density at radius 2 is 1.95 bits per heavy atom. The molecule has 0 bridgehead atoms. The van der Waals surface area contributed by atoms with E-state index in [0.717, 1.165) is 31.5 Å². The Morgan fingerprint density at radius 3 is 2.57 bits per heavy atom. The predicted octanol–water partition coefficient (Wildman–Crippen LogP) is 3.77. The first-order chi connectivity index (χ1) is 10.1. The van der Waals surface area contributed by atoms with Crippen LogP contribution < -0.4 is 10.2 Å². The fraction of sp³-hybridized carbons (Fsp3) is 0.611. The lowest BCUT2D eigenvalue weighted by molar-refractivity contribution is 0.0943. The number of amides is 1. The number of piperidine rings is 1. The lowest BCUT2D eigenvalue weighted by Gasteiger charge is -2.31. The first-order valence-corrected chi connectivity index (χ1v) is 8.30. The summed E-state index contributed by atoms with van der Waals surface area (Å²) in [6.45, 7) is 8.48. The highest BCUT2D eigenvalue weighted by Crippen LogP contribution is 2.26. The third-order valence-corrected chi connectivity index (χ3v) is 3.98. The third-order valence-electron chi connectivity index (χ3n) is 3.98. The van der Waals surface area contributed by atoms with Crippen molar-refractivity contribution in [3.63, 3.8) is 0 Å². The molecular formula is C18H28N2O. The van der Waals surface area contributed by atoms with Crippen LogP contribution >= 0.6 is 0 Å². The van der Waals surface area contributed by atoms with Crippen molar-refractivity contribution < 1.29 is 4.79 Å². The van der Waals surface area contributed by atoms with Gasteiger partial charge in [-0.3, -0.25) is 4.79 Å². The van der Waals surface area contributed by atoms with Crippen LogP contribution in [0.15, 0.2) is 18.2 Å². The SMILES string of the molecule is CCCc1cc(C(=O)NC(C)C)ccc1N1CCCCC1. The van der Waals surface area contributed by atoms with Gasteiger partial charge in [-0.05, 0) is 63.3 Å². The van der Waals surface area contributed by atoms with Crippen LogP contribution in [0.25, 0.3) is 0 Å². The van der Waals surface area contributed by atoms with Crippen LogP contribution in [0.4, 0.5) is 5.69 Å². The molecule has 1 saturated heterocycles. The second-order valence-corrected chi connectivity index (χ2v) is 6.27. The number of nitrogens with zero attached hydrogens (tertiary/aromatic N) is 1. The number of rotatable bonds is 5. The maximum atomic E-state index is 12.2. The van der Waals surface area contributed by atoms with Crippen molar-refractivity contribution in [2.45, 2.75) is 58.9 Å². The molecule has 1 heterocycles. The number of anilines is 1. The monoisotopic (exact) mass is 288 g/mol. The van der Waals surface area contributed by atoms with Gasteiger partial charge in [0.25, 0.3) is 5.91 Å². The molecule has 0 unspecified atom stereocenters. The molecule has 0 radical (unpaired) electrons. The lowest BCUT2D eigenvalue weighted by Crippen LogP contribution is -2.31. The molecule has 1 aliphatic rings. The summed E-state index contributed by atoms with van der Waals surface area (Å²) in [5.74, 6) is 0.0348. The second kappa shape index (κ2) is 7.48. The van der Waals surface area contributed by atoms with E-state index in [1.54, 1.807) is 0 Å². The minimum absolute atomic E-state index is 0.0348. The van der Waals surface area contributed by atoms with Gasteiger partial charge >= 0.3 is 0 Å². The average Bonchev–Trinajstić information content (AvgIpc) is 2.48. The maximum absolute atomic E-state index is 12.2. The summed E-state index contributed by atoms with van der Waals surface area (Å²) in [4.78, 5) is 14.7. The number of hydrogen-bond donors (Lipinski definition) is 1. The zero-order chi connectivity index (χ0) is 15.2. The molecule has 1 fully saturated rings. The van der Waals surface area contributed by atoms with Crippen LogP contribution in [-0.2, 0) is 6.42 Å². The molecule has 21 heavy (non-hydrogen) atoms. The Kier molecular flexibility index (Phi) is 5.66. The lowest BCUT2D eigenvalue weighted by atomic mass is 10.0. The van der Waals surface area contributed by atoms with Gasteiger partial charge < -0.3 is 10.2 Å². The van der Waals surface area contributed by atoms with Gasteiger partial charge in [-0.1, -0.05) is 13.3 Å². The van der Waals surface area contributed by atoms with Crippen LogP contribution in [-0.4, -0.2) is 25.0 Å². The Hall–Kier alpha value is -1.51. The van der Waals surface area contributed by atoms with E-state index in [1.807, 2.05) is 19.9 Å². The Labute approximate surface area is 128 Å². The number of benzene rings is 1. The fourth-order valence-electron chi connectivity index (χ4n) is 2.99. The number of nitrogens with one attached hydrogen (secondary N) is 1. The van der Waals surface area contributed by atoms with Crippen LogP contribution in [0.1, 0.15) is 62.4 Å². The van der Waals surface area contributed by atoms with Gasteiger partial charge in [-0.2, -0.15) is 0 Å². The zero-order valence-electron chi connectivity index (χ0n) is 13.6. The molecule has 1 amide bonds. The van der Waals surface area contributed by atoms with E-state index in [1.165, 1.54) is 30.5 Å². The summed E-state index contributed by atoms with van der Waals surface area (Å²) in [5.41, 5.74) is 3.43. The third kappa shape index (κ3) is 4.23. The fourth-order valence-corrected chi connectivity index (χ4v) is 2.99. The minimum Gasteiger partial charge on any atom is -0.371 e. The van der Waals surface area contributed by atoms with Gasteiger partial charge in [-0.25, -0.2) is 0 Å². The molecule has 0 aromatic heterocycles. The molecule has 2 rings (SSSR count). The highest BCUT2D eigenvalue weighted by Gasteiger charge is 2.16. The van der Waals surface area contributed by atoms with Gasteiger partial charge in [0.1, 0.15) is 0 Å². The first-order valence-electron chi connectivity index (χ1n) is 8.30. The van der Waals surface area contributed by atoms with Gasteiger partial charge in [0.2, 0.25) is 0 Å². The van der Waals surface area contributed by atoms with Gasteiger partial charge in [0.05, 0.1) is 0 Å². The molecule has 0 atom stereocenters. The number of carbonyl (C=O) groups excluding carboxylic acids is 1. The van der Waals surface area contributed by atoms with Crippen molar-refractivity contribution in [2.24, 2.45) is 0 Å². The number of carbonyl (C=O) groups is 1. The molecule has 3 nitrogen and oxygen atoms in total. The van der Waals surface area contributed by atoms with Crippen molar-refractivity contribution in [1.29, 1.82) is 0 Å². The van der Waals surface area contributed by atoms with Gasteiger partial charge in [0.15, 0.2) is 0 Å². The Bertz CT molecular complexity index is 476. The van der Waals surface area contributed by atoms with Crippen molar-refractivity contribution in [3.05, 3.63) is 29.3 Å². The van der Waals surface area contributed by atoms with E-state index in [4.69, 9.17) is 0 Å². The van der Waals surface area contributed by atoms with Crippen LogP contribution in [0.3, 0.4) is 0 Å². The molecule has 0 spiro atoms. The van der Waals surface area contributed by atoms with E-state index in [-0.39, 0.29) is 11.9 Å². The van der Waals surface area contributed by atoms with E-state index in [0.29, 0.717) is 0 Å². The highest BCUT2D eigenvalue weighted by atomic mass is 16.1. The molecule has 1 aromatic carbocycles. The molecule has 0 aliphatic carbocycles. The standard InChI is InChI=1S/C18H28N2O/c1-4-8-15-13-16(18(21)19-14(2)3)9-10-17(15)20-11-6-5-7-12-20/h9-10,13-14H,4-8,11-12H2,1-3H3,(H,19,21). The van der Waals surface area contributed by atoms with Crippen molar-refractivity contribution in [1.82, 2.24) is 5.32 Å². The van der Waals surface area contributed by atoms with Crippen LogP contribution in [0, 0.1) is 0 Å². The summed E-state index contributed by atoms with van der Waals surface area (Å²) in [6, 6.07) is 6.38. The second-order valence-electron chi connectivity index (χ2n) is 6.27. The van der Waals surface area contributed by atoms with Crippen molar-refractivity contribution in [3.8, 4) is 0 Å². The molecule has 116 valence electrons. The highest BCUT2D eigenvalue weighted by molar-refractivity contribution is 5.95. The van der Waals surface area contributed by atoms with E-state index >= 15 is 0 Å². The summed E-state index contributed by atoms with van der Waals surface area (Å²) < 4.78 is 0. The van der Waals surface area contributed by atoms with Crippen molar-refractivity contribution >= 4 is 11.6 Å². The first kappa shape index (κ1) is 15.9. The Morgan fingerprint density at radius 1 is 1.24 bits per heavy atom. The van der Waals surface area contributed by atoms with Crippen molar-refractivity contribution in [2.75, 3.05) is 18.0 Å². The summed E-state index contributed by atoms with van der Waals surface area (Å²) in [6.07, 6.45) is 6.04. The Balaban J connectivity index is 2.23. The largest absolute Gasteiger partial charge is 0.371 e. The molecular weight excluding hydrogens is 260 g/mol. The smallest absolute Gasteiger partial charge is 0.251 e. The van der Waals surface area contributed by atoms with Crippen LogP contribution in [0.2, 0.25) is 0 Å². The van der Waals surface area contributed by atoms with E-state index < -0.39 is 0 Å². The van der Waals surface area contributed by atoms with Gasteiger partial charge in [-0.15, -0.1) is 0 Å². The maximum Gasteiger partial charge on any atom is 0.251 e. The zero-order valence-corrected chi connectivity index (χ0v) is 13.6. The number of aryl methyl sites for hydroxylation is 1. The molecule has 1 N–H and O–H groups in total. The molecule has 1 aromatic rings. The normalized spacial score (nSPS) is 15.3. The molecule has 3 heteroatoms. The predicted molar refractivity (Wildman–Crippen MR) is 89.1 cm³/mol. The summed E-state index contributed by atoms with van der Waals surface area (Å²) in [7, 11) is 0. The summed E-state index contributed by atoms with van der Waals surface area (Å²) in [5, 5.41) is 2.97. The van der Waals surface area contributed by atoms with Gasteiger partial charge in [0, 0.05) is 30.4 Å². The summed E-state index contributed by atoms with van der Waals surface area (Å²) >= 11 is 0. The quantitative estimate of drug-likeness (QED) is 0.894. The molecule has 0 saturated carbocycles. The number of hydrogen-bond acceptors (Lipinski definition) is 2. The van der Waals surface area contributed by atoms with E-state index in [9.17, 15) is 4.79 Å². The average molecular weight is 288 g/mol.